The molecule has 1 aromatic heterocycles. The van der Waals surface area contributed by atoms with E-state index in [9.17, 15) is 0 Å². The van der Waals surface area contributed by atoms with Gasteiger partial charge >= 0.3 is 0 Å². The highest BCUT2D eigenvalue weighted by atomic mass is 16.6. The number of benzene rings is 2. The molecule has 5 heteroatoms. The van der Waals surface area contributed by atoms with Crippen molar-refractivity contribution >= 4 is 11.0 Å². The van der Waals surface area contributed by atoms with Crippen LogP contribution in [0.15, 0.2) is 41.0 Å². The van der Waals surface area contributed by atoms with Crippen LogP contribution in [0, 0.1) is 0 Å². The molecule has 0 radical (unpaired) electrons. The summed E-state index contributed by atoms with van der Waals surface area (Å²) in [5, 5.41) is 7.92. The number of rotatable bonds is 4. The summed E-state index contributed by atoms with van der Waals surface area (Å²) in [5.74, 6) is 0. The highest BCUT2D eigenvalue weighted by molar-refractivity contribution is 5.76. The average Bonchev–Trinajstić information content (AvgIpc) is 3.12. The summed E-state index contributed by atoms with van der Waals surface area (Å²) in [6, 6.07) is 12.9. The van der Waals surface area contributed by atoms with E-state index in [0.29, 0.717) is 0 Å². The molecule has 2 heterocycles. The van der Waals surface area contributed by atoms with Crippen molar-refractivity contribution in [3.05, 3.63) is 58.7 Å². The normalized spacial score (nSPS) is 14.7. The van der Waals surface area contributed by atoms with E-state index in [0.717, 1.165) is 42.8 Å². The van der Waals surface area contributed by atoms with E-state index >= 15 is 0 Å². The molecule has 0 saturated carbocycles. The zero-order valence-electron chi connectivity index (χ0n) is 13.5. The van der Waals surface area contributed by atoms with Crippen LogP contribution >= 0.6 is 0 Å². The highest BCUT2D eigenvalue weighted by Crippen LogP contribution is 2.23. The van der Waals surface area contributed by atoms with Gasteiger partial charge in [0, 0.05) is 26.2 Å². The van der Waals surface area contributed by atoms with Crippen LogP contribution < -0.4 is 0 Å². The Morgan fingerprint density at radius 1 is 1.09 bits per heavy atom. The van der Waals surface area contributed by atoms with E-state index in [1.165, 1.54) is 16.7 Å². The fraction of sp³-hybridized carbons (Fsp3) is 0.333. The second-order valence-corrected chi connectivity index (χ2v) is 6.50. The fourth-order valence-corrected chi connectivity index (χ4v) is 3.36. The lowest BCUT2D eigenvalue weighted by molar-refractivity contribution is 0.310. The summed E-state index contributed by atoms with van der Waals surface area (Å²) >= 11 is 0. The number of hydrogen-bond donors (Lipinski definition) is 0. The van der Waals surface area contributed by atoms with Gasteiger partial charge in [0.1, 0.15) is 11.0 Å². The van der Waals surface area contributed by atoms with Gasteiger partial charge in [0.2, 0.25) is 0 Å². The standard InChI is InChI=1S/C18H20N4O/c1-21(11-15-4-3-5-17-18(15)20-23-19-17)9-13-6-7-14-10-22(2)12-16(14)8-13/h3-8H,9-12H2,1-2H3. The highest BCUT2D eigenvalue weighted by Gasteiger charge is 2.16. The minimum Gasteiger partial charge on any atom is -0.298 e. The Kier molecular flexibility index (Phi) is 3.59. The lowest BCUT2D eigenvalue weighted by Crippen LogP contribution is -2.17. The minimum absolute atomic E-state index is 0.816. The molecule has 0 saturated heterocycles. The Morgan fingerprint density at radius 3 is 2.87 bits per heavy atom. The molecule has 0 N–H and O–H groups in total. The van der Waals surface area contributed by atoms with Gasteiger partial charge < -0.3 is 0 Å². The maximum Gasteiger partial charge on any atom is 0.139 e. The SMILES string of the molecule is CN1Cc2ccc(CN(C)Cc3cccc4nonc34)cc2C1. The third-order valence-electron chi connectivity index (χ3n) is 4.41. The first-order valence-corrected chi connectivity index (χ1v) is 7.87. The molecule has 0 bridgehead atoms. The Hall–Kier alpha value is -2.24. The number of nitrogens with zero attached hydrogens (tertiary/aromatic N) is 4. The topological polar surface area (TPSA) is 45.4 Å². The van der Waals surface area contributed by atoms with E-state index in [1.807, 2.05) is 12.1 Å². The lowest BCUT2D eigenvalue weighted by Gasteiger charge is -2.17. The van der Waals surface area contributed by atoms with Gasteiger partial charge in [-0.3, -0.25) is 9.80 Å². The number of hydrogen-bond acceptors (Lipinski definition) is 5. The summed E-state index contributed by atoms with van der Waals surface area (Å²) in [4.78, 5) is 4.64. The molecule has 1 aliphatic heterocycles. The molecule has 5 nitrogen and oxygen atoms in total. The molecular formula is C18H20N4O. The molecule has 0 aliphatic carbocycles. The predicted molar refractivity (Wildman–Crippen MR) is 88.6 cm³/mol. The molecule has 0 amide bonds. The van der Waals surface area contributed by atoms with Crippen LogP contribution in [0.3, 0.4) is 0 Å². The van der Waals surface area contributed by atoms with Gasteiger partial charge in [-0.1, -0.05) is 30.3 Å². The van der Waals surface area contributed by atoms with Crippen LogP contribution in [0.2, 0.25) is 0 Å². The molecule has 118 valence electrons. The first-order valence-electron chi connectivity index (χ1n) is 7.87. The monoisotopic (exact) mass is 308 g/mol. The van der Waals surface area contributed by atoms with Crippen LogP contribution in [-0.2, 0) is 26.2 Å². The van der Waals surface area contributed by atoms with Crippen molar-refractivity contribution in [1.29, 1.82) is 0 Å². The quantitative estimate of drug-likeness (QED) is 0.741. The van der Waals surface area contributed by atoms with Crippen molar-refractivity contribution in [1.82, 2.24) is 20.1 Å². The van der Waals surface area contributed by atoms with Crippen molar-refractivity contribution in [3.8, 4) is 0 Å². The summed E-state index contributed by atoms with van der Waals surface area (Å²) < 4.78 is 4.84. The van der Waals surface area contributed by atoms with Crippen LogP contribution in [0.5, 0.6) is 0 Å². The van der Waals surface area contributed by atoms with E-state index in [-0.39, 0.29) is 0 Å². The molecule has 4 rings (SSSR count). The first-order chi connectivity index (χ1) is 11.2. The second kappa shape index (κ2) is 5.76. The van der Waals surface area contributed by atoms with Crippen molar-refractivity contribution in [2.45, 2.75) is 26.2 Å². The summed E-state index contributed by atoms with van der Waals surface area (Å²) in [5.41, 5.74) is 7.09. The Morgan fingerprint density at radius 2 is 1.96 bits per heavy atom. The van der Waals surface area contributed by atoms with Crippen molar-refractivity contribution < 1.29 is 4.63 Å². The molecule has 23 heavy (non-hydrogen) atoms. The van der Waals surface area contributed by atoms with Crippen molar-refractivity contribution in [3.63, 3.8) is 0 Å². The van der Waals surface area contributed by atoms with E-state index in [1.54, 1.807) is 0 Å². The van der Waals surface area contributed by atoms with Crippen LogP contribution in [0.25, 0.3) is 11.0 Å². The Labute approximate surface area is 135 Å². The predicted octanol–water partition coefficient (Wildman–Crippen LogP) is 2.80. The molecule has 1 aliphatic rings. The van der Waals surface area contributed by atoms with E-state index in [2.05, 4.69) is 58.5 Å². The van der Waals surface area contributed by atoms with Gasteiger partial charge in [-0.25, -0.2) is 4.63 Å². The van der Waals surface area contributed by atoms with Gasteiger partial charge in [0.05, 0.1) is 0 Å². The van der Waals surface area contributed by atoms with Gasteiger partial charge in [0.15, 0.2) is 0 Å². The van der Waals surface area contributed by atoms with Crippen molar-refractivity contribution in [2.75, 3.05) is 14.1 Å². The summed E-state index contributed by atoms with van der Waals surface area (Å²) in [6.45, 7) is 3.85. The zero-order chi connectivity index (χ0) is 15.8. The molecule has 2 aromatic carbocycles. The number of fused-ring (bicyclic) bond motifs is 2. The molecule has 3 aromatic rings. The van der Waals surface area contributed by atoms with Crippen LogP contribution in [0.1, 0.15) is 22.3 Å². The Balaban J connectivity index is 1.49. The second-order valence-electron chi connectivity index (χ2n) is 6.50. The molecule has 0 fully saturated rings. The van der Waals surface area contributed by atoms with Crippen molar-refractivity contribution in [2.24, 2.45) is 0 Å². The third-order valence-corrected chi connectivity index (χ3v) is 4.41. The third kappa shape index (κ3) is 2.85. The molecule has 0 atom stereocenters. The lowest BCUT2D eigenvalue weighted by atomic mass is 10.1. The van der Waals surface area contributed by atoms with Crippen LogP contribution in [-0.4, -0.2) is 34.2 Å². The smallest absolute Gasteiger partial charge is 0.139 e. The van der Waals surface area contributed by atoms with Crippen LogP contribution in [0.4, 0.5) is 0 Å². The number of aromatic nitrogens is 2. The molecule has 0 unspecified atom stereocenters. The Bertz CT molecular complexity index is 842. The molecular weight excluding hydrogens is 288 g/mol. The minimum atomic E-state index is 0.816. The summed E-state index contributed by atoms with van der Waals surface area (Å²) in [6.07, 6.45) is 0. The zero-order valence-corrected chi connectivity index (χ0v) is 13.5. The maximum atomic E-state index is 4.84. The maximum absolute atomic E-state index is 4.84. The van der Waals surface area contributed by atoms with E-state index < -0.39 is 0 Å². The van der Waals surface area contributed by atoms with Gasteiger partial charge in [-0.05, 0) is 52.7 Å². The fourth-order valence-electron chi connectivity index (χ4n) is 3.36. The van der Waals surface area contributed by atoms with E-state index in [4.69, 9.17) is 4.63 Å². The largest absolute Gasteiger partial charge is 0.298 e. The van der Waals surface area contributed by atoms with Gasteiger partial charge in [-0.15, -0.1) is 0 Å². The first kappa shape index (κ1) is 14.4. The average molecular weight is 308 g/mol. The summed E-state index contributed by atoms with van der Waals surface area (Å²) in [7, 11) is 4.30. The van der Waals surface area contributed by atoms with Gasteiger partial charge in [0.25, 0.3) is 0 Å². The molecule has 0 spiro atoms. The van der Waals surface area contributed by atoms with Gasteiger partial charge in [-0.2, -0.15) is 0 Å².